The molecule has 4 rings (SSSR count). The molecule has 1 heterocycles. The minimum Gasteiger partial charge on any atom is -0.362 e. The number of fused-ring (bicyclic) bond motifs is 1. The zero-order valence-electron chi connectivity index (χ0n) is 20.1. The molecular weight excluding hydrogens is 434 g/mol. The van der Waals surface area contributed by atoms with Crippen LogP contribution >= 0.6 is 0 Å². The van der Waals surface area contributed by atoms with Crippen LogP contribution in [-0.4, -0.2) is 47.1 Å². The summed E-state index contributed by atoms with van der Waals surface area (Å²) in [6.45, 7) is 1.74. The molecule has 10 heteroatoms. The van der Waals surface area contributed by atoms with Gasteiger partial charge in [-0.3, -0.25) is 10.1 Å². The van der Waals surface area contributed by atoms with Gasteiger partial charge in [0.15, 0.2) is 0 Å². The molecule has 1 aromatic carbocycles. The van der Waals surface area contributed by atoms with Crippen LogP contribution < -0.4 is 20.9 Å². The summed E-state index contributed by atoms with van der Waals surface area (Å²) in [7, 11) is 4.06. The number of non-ortho nitro benzene ring substituents is 1. The fourth-order valence-corrected chi connectivity index (χ4v) is 4.82. The highest BCUT2D eigenvalue weighted by molar-refractivity contribution is 5.90. The first kappa shape index (κ1) is 23.7. The van der Waals surface area contributed by atoms with Crippen LogP contribution in [0.3, 0.4) is 0 Å². The van der Waals surface area contributed by atoms with E-state index >= 15 is 0 Å². The molecule has 10 nitrogen and oxygen atoms in total. The zero-order chi connectivity index (χ0) is 24.2. The van der Waals surface area contributed by atoms with Crippen molar-refractivity contribution in [1.29, 1.82) is 0 Å². The molecule has 1 saturated carbocycles. The molecule has 0 aliphatic heterocycles. The molecule has 2 aromatic rings. The number of hydrogen-bond donors (Lipinski definition) is 3. The first-order valence-electron chi connectivity index (χ1n) is 12.0. The third-order valence-electron chi connectivity index (χ3n) is 6.65. The number of nitrogens with one attached hydrogen (secondary N) is 3. The molecule has 2 aliphatic rings. The highest BCUT2D eigenvalue weighted by Crippen LogP contribution is 2.29. The second-order valence-electron chi connectivity index (χ2n) is 9.45. The van der Waals surface area contributed by atoms with Crippen molar-refractivity contribution in [2.45, 2.75) is 70.4 Å². The van der Waals surface area contributed by atoms with E-state index in [4.69, 9.17) is 9.97 Å². The number of nitro benzene ring substituents is 1. The average molecular weight is 468 g/mol. The van der Waals surface area contributed by atoms with Crippen LogP contribution in [-0.2, 0) is 12.8 Å². The zero-order valence-corrected chi connectivity index (χ0v) is 20.1. The Morgan fingerprint density at radius 2 is 1.79 bits per heavy atom. The Hall–Kier alpha value is -3.43. The lowest BCUT2D eigenvalue weighted by molar-refractivity contribution is -0.384. The third-order valence-corrected chi connectivity index (χ3v) is 6.65. The molecule has 2 amide bonds. The van der Waals surface area contributed by atoms with Crippen molar-refractivity contribution in [1.82, 2.24) is 15.3 Å². The Kier molecular flexibility index (Phi) is 7.14. The van der Waals surface area contributed by atoms with Gasteiger partial charge in [0, 0.05) is 49.6 Å². The van der Waals surface area contributed by atoms with Crippen LogP contribution in [0.25, 0.3) is 0 Å². The summed E-state index contributed by atoms with van der Waals surface area (Å²) < 4.78 is 0. The van der Waals surface area contributed by atoms with E-state index in [1.165, 1.54) is 36.2 Å². The van der Waals surface area contributed by atoms with Gasteiger partial charge in [-0.2, -0.15) is 4.98 Å². The first-order valence-corrected chi connectivity index (χ1v) is 12.0. The molecule has 1 fully saturated rings. The molecule has 0 unspecified atom stereocenters. The van der Waals surface area contributed by atoms with Gasteiger partial charge in [0.1, 0.15) is 5.82 Å². The van der Waals surface area contributed by atoms with Gasteiger partial charge >= 0.3 is 6.03 Å². The number of carbonyl (C=O) groups is 1. The molecule has 34 heavy (non-hydrogen) atoms. The number of benzene rings is 1. The average Bonchev–Trinajstić information content (AvgIpc) is 2.81. The molecule has 3 N–H and O–H groups in total. The van der Waals surface area contributed by atoms with E-state index in [1.54, 1.807) is 13.0 Å². The van der Waals surface area contributed by atoms with Crippen LogP contribution in [0.15, 0.2) is 18.2 Å². The largest absolute Gasteiger partial charge is 0.362 e. The van der Waals surface area contributed by atoms with Gasteiger partial charge in [0.2, 0.25) is 5.95 Å². The van der Waals surface area contributed by atoms with Gasteiger partial charge in [-0.1, -0.05) is 0 Å². The van der Waals surface area contributed by atoms with Crippen molar-refractivity contribution in [2.24, 2.45) is 0 Å². The van der Waals surface area contributed by atoms with E-state index in [0.29, 0.717) is 17.2 Å². The SMILES string of the molecule is Cc1cc([N+](=O)[O-])ccc1NC(=O)NC1CCC(Nc2nc3c(c(N(C)C)n2)CCCC3)CC1. The molecule has 0 radical (unpaired) electrons. The van der Waals surface area contributed by atoms with E-state index in [0.717, 1.165) is 44.3 Å². The Balaban J connectivity index is 1.30. The smallest absolute Gasteiger partial charge is 0.319 e. The number of carbonyl (C=O) groups excluding carboxylic acids is 1. The lowest BCUT2D eigenvalue weighted by Crippen LogP contribution is -2.42. The van der Waals surface area contributed by atoms with Crippen LogP contribution in [0, 0.1) is 17.0 Å². The van der Waals surface area contributed by atoms with Crippen molar-refractivity contribution in [2.75, 3.05) is 29.6 Å². The lowest BCUT2D eigenvalue weighted by atomic mass is 9.91. The van der Waals surface area contributed by atoms with Crippen LogP contribution in [0.4, 0.5) is 27.9 Å². The van der Waals surface area contributed by atoms with Crippen molar-refractivity contribution in [3.63, 3.8) is 0 Å². The fourth-order valence-electron chi connectivity index (χ4n) is 4.82. The summed E-state index contributed by atoms with van der Waals surface area (Å²) in [6.07, 6.45) is 7.96. The molecule has 1 aromatic heterocycles. The number of hydrogen-bond acceptors (Lipinski definition) is 7. The molecular formula is C24H33N7O3. The molecule has 2 aliphatic carbocycles. The van der Waals surface area contributed by atoms with Gasteiger partial charge in [0.25, 0.3) is 5.69 Å². The van der Waals surface area contributed by atoms with E-state index < -0.39 is 4.92 Å². The van der Waals surface area contributed by atoms with Crippen molar-refractivity contribution in [3.05, 3.63) is 45.1 Å². The number of anilines is 3. The summed E-state index contributed by atoms with van der Waals surface area (Å²) in [5.41, 5.74) is 3.68. The second kappa shape index (κ2) is 10.2. The van der Waals surface area contributed by atoms with E-state index in [9.17, 15) is 14.9 Å². The molecule has 182 valence electrons. The van der Waals surface area contributed by atoms with Crippen LogP contribution in [0.5, 0.6) is 0 Å². The molecule has 0 spiro atoms. The maximum Gasteiger partial charge on any atom is 0.319 e. The van der Waals surface area contributed by atoms with Crippen molar-refractivity contribution >= 4 is 29.2 Å². The standard InChI is InChI=1S/C24H33N7O3/c1-15-14-18(31(33)34)12-13-20(15)28-24(32)26-17-10-8-16(9-11-17)25-23-27-21-7-5-4-6-19(21)22(29-23)30(2)3/h12-14,16-17H,4-11H2,1-3H3,(H,25,27,29)(H2,26,28,32). The predicted octanol–water partition coefficient (Wildman–Crippen LogP) is 4.18. The monoisotopic (exact) mass is 467 g/mol. The summed E-state index contributed by atoms with van der Waals surface area (Å²) in [5, 5.41) is 20.3. The highest BCUT2D eigenvalue weighted by atomic mass is 16.6. The predicted molar refractivity (Wildman–Crippen MR) is 133 cm³/mol. The normalized spacial score (nSPS) is 19.6. The first-order chi connectivity index (χ1) is 16.3. The third kappa shape index (κ3) is 5.55. The van der Waals surface area contributed by atoms with Gasteiger partial charge in [-0.15, -0.1) is 0 Å². The quantitative estimate of drug-likeness (QED) is 0.430. The minimum atomic E-state index is -0.445. The number of urea groups is 1. The number of amides is 2. The maximum atomic E-state index is 12.5. The maximum absolute atomic E-state index is 12.5. The van der Waals surface area contributed by atoms with E-state index in [1.807, 2.05) is 14.1 Å². The summed E-state index contributed by atoms with van der Waals surface area (Å²) in [4.78, 5) is 34.6. The Morgan fingerprint density at radius 3 is 2.47 bits per heavy atom. The van der Waals surface area contributed by atoms with E-state index in [-0.39, 0.29) is 23.8 Å². The van der Waals surface area contributed by atoms with Crippen LogP contribution in [0.2, 0.25) is 0 Å². The van der Waals surface area contributed by atoms with Crippen LogP contribution in [0.1, 0.15) is 55.3 Å². The highest BCUT2D eigenvalue weighted by Gasteiger charge is 2.25. The second-order valence-corrected chi connectivity index (χ2v) is 9.45. The summed E-state index contributed by atoms with van der Waals surface area (Å²) in [5.74, 6) is 1.72. The van der Waals surface area contributed by atoms with Gasteiger partial charge in [-0.25, -0.2) is 9.78 Å². The Morgan fingerprint density at radius 1 is 1.09 bits per heavy atom. The number of aromatic nitrogens is 2. The number of nitrogens with zero attached hydrogens (tertiary/aromatic N) is 4. The minimum absolute atomic E-state index is 0.00916. The Labute approximate surface area is 199 Å². The lowest BCUT2D eigenvalue weighted by Gasteiger charge is -2.30. The topological polar surface area (TPSA) is 125 Å². The fraction of sp³-hybridized carbons (Fsp3) is 0.542. The molecule has 0 saturated heterocycles. The van der Waals surface area contributed by atoms with E-state index in [2.05, 4.69) is 20.9 Å². The Bertz CT molecular complexity index is 1060. The van der Waals surface area contributed by atoms with Crippen molar-refractivity contribution in [3.8, 4) is 0 Å². The van der Waals surface area contributed by atoms with Gasteiger partial charge < -0.3 is 20.9 Å². The molecule has 0 bridgehead atoms. The molecule has 0 atom stereocenters. The number of nitro groups is 1. The number of rotatable bonds is 6. The number of aryl methyl sites for hydroxylation is 2. The van der Waals surface area contributed by atoms with Crippen molar-refractivity contribution < 1.29 is 9.72 Å². The van der Waals surface area contributed by atoms with Gasteiger partial charge in [0.05, 0.1) is 10.6 Å². The van der Waals surface area contributed by atoms with Gasteiger partial charge in [-0.05, 0) is 69.9 Å². The summed E-state index contributed by atoms with van der Waals surface area (Å²) >= 11 is 0. The summed E-state index contributed by atoms with van der Waals surface area (Å²) in [6, 6.07) is 4.48.